The van der Waals surface area contributed by atoms with Gasteiger partial charge < -0.3 is 26.0 Å². The lowest BCUT2D eigenvalue weighted by Crippen LogP contribution is -2.52. The third-order valence-electron chi connectivity index (χ3n) is 3.86. The highest BCUT2D eigenvalue weighted by Crippen LogP contribution is 2.47. The van der Waals surface area contributed by atoms with Crippen molar-refractivity contribution in [2.45, 2.75) is 28.7 Å². The van der Waals surface area contributed by atoms with Gasteiger partial charge in [-0.1, -0.05) is 24.1 Å². The van der Waals surface area contributed by atoms with Crippen molar-refractivity contribution >= 4 is 56.4 Å². The molecule has 2 aliphatic heterocycles. The lowest BCUT2D eigenvalue weighted by molar-refractivity contribution is -0.0715. The predicted molar refractivity (Wildman–Crippen MR) is 94.3 cm³/mol. The summed E-state index contributed by atoms with van der Waals surface area (Å²) in [7, 11) is 10.9. The Morgan fingerprint density at radius 1 is 1.56 bits per heavy atom. The summed E-state index contributed by atoms with van der Waals surface area (Å²) in [5.41, 5.74) is 6.51. The lowest BCUT2D eigenvalue weighted by Gasteiger charge is -2.29. The number of nitrogens with one attached hydrogen (secondary N) is 1. The summed E-state index contributed by atoms with van der Waals surface area (Å²) in [4.78, 5) is 6.51. The maximum Gasteiger partial charge on any atom is 0.199 e. The smallest absolute Gasteiger partial charge is 0.199 e. The van der Waals surface area contributed by atoms with Gasteiger partial charge in [0.05, 0.1) is 12.0 Å². The Labute approximate surface area is 155 Å². The number of aliphatic hydroxyl groups is 2. The number of aromatic nitrogens is 2. The number of fused-ring (bicyclic) bond motifs is 1. The number of guanidine groups is 1. The van der Waals surface area contributed by atoms with Crippen molar-refractivity contribution in [2.24, 2.45) is 10.7 Å². The van der Waals surface area contributed by atoms with E-state index >= 15 is 0 Å². The number of rotatable bonds is 2. The molecule has 126 valence electrons. The number of nitrogens with zero attached hydrogens (tertiary/aromatic N) is 3. The van der Waals surface area contributed by atoms with Crippen LogP contribution < -0.4 is 11.1 Å². The van der Waals surface area contributed by atoms with Gasteiger partial charge in [-0.2, -0.15) is 4.99 Å². The molecule has 0 bridgehead atoms. The molecule has 2 aliphatic rings. The summed E-state index contributed by atoms with van der Waals surface area (Å²) in [5, 5.41) is 22.8. The Morgan fingerprint density at radius 3 is 2.84 bits per heavy atom. The first kappa shape index (κ1) is 18.2. The number of aliphatic imine (C=N–C) groups is 1. The van der Waals surface area contributed by atoms with E-state index in [9.17, 15) is 10.2 Å². The van der Waals surface area contributed by atoms with E-state index in [2.05, 4.69) is 33.2 Å². The fraction of sp³-hybridized carbons (Fsp3) is 0.385. The number of imidazole rings is 1. The van der Waals surface area contributed by atoms with Gasteiger partial charge in [0.1, 0.15) is 33.6 Å². The SMILES string of the molecule is [B]C([B])(O)C1O[C@@H](n2cnc3c2N=C(N)NC3=C)[C@@](Cl)(C#CCl)C1O. The van der Waals surface area contributed by atoms with E-state index in [1.807, 2.05) is 0 Å². The predicted octanol–water partition coefficient (Wildman–Crippen LogP) is -1.18. The van der Waals surface area contributed by atoms with Gasteiger partial charge in [-0.3, -0.25) is 4.57 Å². The van der Waals surface area contributed by atoms with E-state index in [0.717, 1.165) is 0 Å². The molecule has 1 saturated heterocycles. The molecule has 0 aromatic carbocycles. The number of aliphatic hydroxyl groups excluding tert-OH is 1. The summed E-state index contributed by atoms with van der Waals surface area (Å²) < 4.78 is 6.98. The van der Waals surface area contributed by atoms with Crippen LogP contribution in [0.4, 0.5) is 5.82 Å². The van der Waals surface area contributed by atoms with Crippen LogP contribution >= 0.6 is 23.2 Å². The standard InChI is InChI=1S/C13H11B2Cl2N5O3/c1-5-6-9(21-11(18)20-5)22(4-19-6)10-12(17,2-3-16)7(23)8(25-10)13(14,15)24/h4,7-8,10,23-24H,1H2,(H3,18,20,21)/t7?,8?,10-,12-/m1/s1. The molecule has 0 amide bonds. The van der Waals surface area contributed by atoms with Crippen molar-refractivity contribution in [3.05, 3.63) is 18.6 Å². The zero-order valence-corrected chi connectivity index (χ0v) is 14.2. The van der Waals surface area contributed by atoms with Crippen molar-refractivity contribution in [3.8, 4) is 11.3 Å². The summed E-state index contributed by atoms with van der Waals surface area (Å²) in [6.07, 6.45) is -2.87. The van der Waals surface area contributed by atoms with Gasteiger partial charge in [0.25, 0.3) is 0 Å². The zero-order chi connectivity index (χ0) is 18.6. The second-order valence-corrected chi connectivity index (χ2v) is 6.47. The van der Waals surface area contributed by atoms with Crippen molar-refractivity contribution in [2.75, 3.05) is 0 Å². The van der Waals surface area contributed by atoms with Crippen LogP contribution in [0.15, 0.2) is 17.9 Å². The maximum absolute atomic E-state index is 10.5. The van der Waals surface area contributed by atoms with E-state index in [1.54, 1.807) is 0 Å². The summed E-state index contributed by atoms with van der Waals surface area (Å²) in [6, 6.07) is 0. The molecule has 12 heteroatoms. The van der Waals surface area contributed by atoms with Crippen LogP contribution in [0.2, 0.25) is 0 Å². The first-order chi connectivity index (χ1) is 11.6. The molecule has 1 aromatic heterocycles. The second kappa shape index (κ2) is 5.97. The lowest BCUT2D eigenvalue weighted by atomic mass is 9.60. The Hall–Kier alpha value is -1.63. The number of ether oxygens (including phenoxy) is 1. The Morgan fingerprint density at radius 2 is 2.24 bits per heavy atom. The molecule has 1 fully saturated rings. The normalized spacial score (nSPS) is 31.6. The van der Waals surface area contributed by atoms with Gasteiger partial charge in [0, 0.05) is 10.8 Å². The van der Waals surface area contributed by atoms with Gasteiger partial charge >= 0.3 is 0 Å². The van der Waals surface area contributed by atoms with Crippen molar-refractivity contribution < 1.29 is 14.9 Å². The number of halogens is 2. The third-order valence-corrected chi connectivity index (χ3v) is 4.46. The summed E-state index contributed by atoms with van der Waals surface area (Å²) in [6.45, 7) is 3.79. The van der Waals surface area contributed by atoms with Crippen LogP contribution in [0.5, 0.6) is 0 Å². The van der Waals surface area contributed by atoms with Crippen LogP contribution in [0.3, 0.4) is 0 Å². The van der Waals surface area contributed by atoms with Gasteiger partial charge in [0.2, 0.25) is 0 Å². The molecular formula is C13H11B2Cl2N5O3. The molecule has 3 rings (SSSR count). The first-order valence-corrected chi connectivity index (χ1v) is 7.68. The van der Waals surface area contributed by atoms with Gasteiger partial charge in [0.15, 0.2) is 22.9 Å². The molecule has 5 N–H and O–H groups in total. The molecule has 4 radical (unpaired) electrons. The quantitative estimate of drug-likeness (QED) is 0.293. The maximum atomic E-state index is 10.5. The molecular weight excluding hydrogens is 367 g/mol. The number of hydrogen-bond acceptors (Lipinski definition) is 7. The monoisotopic (exact) mass is 377 g/mol. The Balaban J connectivity index is 2.13. The van der Waals surface area contributed by atoms with E-state index in [-0.39, 0.29) is 11.8 Å². The van der Waals surface area contributed by atoms with Crippen molar-refractivity contribution in [3.63, 3.8) is 0 Å². The third kappa shape index (κ3) is 2.82. The van der Waals surface area contributed by atoms with Crippen LogP contribution in [0.25, 0.3) is 5.70 Å². The minimum Gasteiger partial charge on any atom is -0.406 e. The minimum absolute atomic E-state index is 0.0760. The van der Waals surface area contributed by atoms with Gasteiger partial charge in [-0.05, 0) is 11.6 Å². The minimum atomic E-state index is -2.38. The molecule has 1 aromatic rings. The highest BCUT2D eigenvalue weighted by molar-refractivity contribution is 6.39. The van der Waals surface area contributed by atoms with Crippen LogP contribution in [0, 0.1) is 11.3 Å². The molecule has 0 saturated carbocycles. The van der Waals surface area contributed by atoms with E-state index in [1.165, 1.54) is 10.9 Å². The molecule has 4 atom stereocenters. The molecule has 2 unspecified atom stereocenters. The van der Waals surface area contributed by atoms with E-state index in [0.29, 0.717) is 11.4 Å². The molecule has 3 heterocycles. The second-order valence-electron chi connectivity index (χ2n) is 5.65. The molecule has 8 nitrogen and oxygen atoms in total. The average molecular weight is 378 g/mol. The molecule has 0 aliphatic carbocycles. The van der Waals surface area contributed by atoms with Gasteiger partial charge in [-0.15, -0.1) is 0 Å². The largest absolute Gasteiger partial charge is 0.406 e. The number of alkyl halides is 1. The van der Waals surface area contributed by atoms with E-state index < -0.39 is 28.7 Å². The summed E-state index contributed by atoms with van der Waals surface area (Å²) >= 11 is 12.0. The van der Waals surface area contributed by atoms with E-state index in [4.69, 9.17) is 49.4 Å². The van der Waals surface area contributed by atoms with Gasteiger partial charge in [-0.25, -0.2) is 4.98 Å². The highest BCUT2D eigenvalue weighted by atomic mass is 35.5. The first-order valence-electron chi connectivity index (χ1n) is 6.92. The topological polar surface area (TPSA) is 118 Å². The van der Waals surface area contributed by atoms with Crippen LogP contribution in [-0.2, 0) is 4.74 Å². The Bertz CT molecular complexity index is 828. The number of nitrogens with two attached hydrogens (primary N) is 1. The fourth-order valence-corrected chi connectivity index (χ4v) is 3.25. The zero-order valence-electron chi connectivity index (χ0n) is 12.6. The van der Waals surface area contributed by atoms with Crippen molar-refractivity contribution in [1.29, 1.82) is 0 Å². The van der Waals surface area contributed by atoms with Crippen LogP contribution in [0.1, 0.15) is 11.9 Å². The number of hydrogen-bond donors (Lipinski definition) is 4. The van der Waals surface area contributed by atoms with Crippen molar-refractivity contribution in [1.82, 2.24) is 14.9 Å². The fourth-order valence-electron chi connectivity index (χ4n) is 2.72. The highest BCUT2D eigenvalue weighted by Gasteiger charge is 2.59. The Kier molecular flexibility index (Phi) is 4.34. The summed E-state index contributed by atoms with van der Waals surface area (Å²) in [5.74, 6) is 2.80. The average Bonchev–Trinajstić information content (AvgIpc) is 3.00. The molecule has 0 spiro atoms. The molecule has 25 heavy (non-hydrogen) atoms. The van der Waals surface area contributed by atoms with Crippen LogP contribution in [-0.4, -0.2) is 63.9 Å².